The molecule has 1 aromatic carbocycles. The van der Waals surface area contributed by atoms with Crippen molar-refractivity contribution in [2.24, 2.45) is 11.8 Å². The van der Waals surface area contributed by atoms with E-state index in [1.807, 2.05) is 4.90 Å². The number of hydrogen-bond acceptors (Lipinski definition) is 3. The zero-order chi connectivity index (χ0) is 17.2. The highest BCUT2D eigenvalue weighted by molar-refractivity contribution is 5.79. The maximum Gasteiger partial charge on any atom is 0.248 e. The van der Waals surface area contributed by atoms with E-state index >= 15 is 0 Å². The van der Waals surface area contributed by atoms with E-state index in [0.717, 1.165) is 25.9 Å². The summed E-state index contributed by atoms with van der Waals surface area (Å²) in [5.74, 6) is 0.831. The van der Waals surface area contributed by atoms with Crippen molar-refractivity contribution < 1.29 is 9.90 Å². The van der Waals surface area contributed by atoms with Gasteiger partial charge in [-0.2, -0.15) is 0 Å². The molecule has 0 bridgehead atoms. The molecule has 2 atom stereocenters. The largest absolute Gasteiger partial charge is 0.387 e. The maximum atomic E-state index is 11.8. The smallest absolute Gasteiger partial charge is 0.248 e. The quantitative estimate of drug-likeness (QED) is 0.893. The number of amides is 1. The number of allylic oxidation sites excluding steroid dienone is 1. The summed E-state index contributed by atoms with van der Waals surface area (Å²) in [5.41, 5.74) is 4.11. The first-order chi connectivity index (χ1) is 12.2. The van der Waals surface area contributed by atoms with Gasteiger partial charge >= 0.3 is 0 Å². The van der Waals surface area contributed by atoms with E-state index in [2.05, 4.69) is 35.2 Å². The van der Waals surface area contributed by atoms with Crippen molar-refractivity contribution in [3.8, 4) is 0 Å². The first kappa shape index (κ1) is 16.8. The van der Waals surface area contributed by atoms with E-state index in [1.54, 1.807) is 0 Å². The molecule has 4 nitrogen and oxygen atoms in total. The Kier molecular flexibility index (Phi) is 4.91. The minimum Gasteiger partial charge on any atom is -0.387 e. The Labute approximate surface area is 150 Å². The Morgan fingerprint density at radius 3 is 2.60 bits per heavy atom. The Bertz CT molecular complexity index is 646. The molecule has 4 heteroatoms. The highest BCUT2D eigenvalue weighted by Crippen LogP contribution is 2.42. The summed E-state index contributed by atoms with van der Waals surface area (Å²) < 4.78 is 0. The number of likely N-dealkylation sites (tertiary alicyclic amines) is 2. The number of benzene rings is 1. The lowest BCUT2D eigenvalue weighted by molar-refractivity contribution is -0.133. The minimum atomic E-state index is -0.371. The van der Waals surface area contributed by atoms with Crippen molar-refractivity contribution in [1.29, 1.82) is 0 Å². The second-order valence-electron chi connectivity index (χ2n) is 7.71. The fraction of sp³-hybridized carbons (Fsp3) is 0.571. The van der Waals surface area contributed by atoms with Gasteiger partial charge in [0.15, 0.2) is 0 Å². The van der Waals surface area contributed by atoms with Gasteiger partial charge < -0.3 is 14.9 Å². The van der Waals surface area contributed by atoms with Crippen LogP contribution in [0.4, 0.5) is 0 Å². The molecular weight excluding hydrogens is 312 g/mol. The summed E-state index contributed by atoms with van der Waals surface area (Å²) in [6, 6.07) is 9.05. The Hall–Kier alpha value is -1.65. The van der Waals surface area contributed by atoms with Gasteiger partial charge in [-0.3, -0.25) is 4.79 Å². The fourth-order valence-electron chi connectivity index (χ4n) is 4.69. The molecule has 0 aromatic heterocycles. The predicted molar refractivity (Wildman–Crippen MR) is 99.1 cm³/mol. The number of carbonyl (C=O) groups is 1. The molecule has 2 saturated heterocycles. The van der Waals surface area contributed by atoms with E-state index in [-0.39, 0.29) is 12.5 Å². The van der Waals surface area contributed by atoms with E-state index in [0.29, 0.717) is 11.8 Å². The van der Waals surface area contributed by atoms with Crippen molar-refractivity contribution >= 4 is 11.5 Å². The average molecular weight is 340 g/mol. The van der Waals surface area contributed by atoms with Gasteiger partial charge in [0.1, 0.15) is 6.61 Å². The lowest BCUT2D eigenvalue weighted by Gasteiger charge is -2.17. The predicted octanol–water partition coefficient (Wildman–Crippen LogP) is 2.18. The SMILES string of the molecule is O=C(CO)N1CC2CC=C(c3ccc(CCN4CCCC4)cc3)C2C1. The monoisotopic (exact) mass is 340 g/mol. The Balaban J connectivity index is 1.38. The number of aliphatic hydroxyl groups is 1. The van der Waals surface area contributed by atoms with Crippen molar-refractivity contribution in [2.75, 3.05) is 39.3 Å². The molecule has 3 aliphatic rings. The third-order valence-electron chi connectivity index (χ3n) is 6.17. The first-order valence-corrected chi connectivity index (χ1v) is 9.65. The van der Waals surface area contributed by atoms with E-state index < -0.39 is 0 Å². The molecule has 1 N–H and O–H groups in total. The van der Waals surface area contributed by atoms with Crippen LogP contribution in [-0.2, 0) is 11.2 Å². The van der Waals surface area contributed by atoms with Crippen LogP contribution < -0.4 is 0 Å². The van der Waals surface area contributed by atoms with E-state index in [4.69, 9.17) is 5.11 Å². The van der Waals surface area contributed by atoms with Crippen LogP contribution in [0.15, 0.2) is 30.3 Å². The average Bonchev–Trinajstić information content (AvgIpc) is 3.36. The number of nitrogens with zero attached hydrogens (tertiary/aromatic N) is 2. The number of rotatable bonds is 5. The van der Waals surface area contributed by atoms with Gasteiger partial charge in [-0.05, 0) is 61.4 Å². The summed E-state index contributed by atoms with van der Waals surface area (Å²) in [7, 11) is 0. The van der Waals surface area contributed by atoms with E-state index in [9.17, 15) is 4.79 Å². The Morgan fingerprint density at radius 2 is 1.88 bits per heavy atom. The highest BCUT2D eigenvalue weighted by Gasteiger charge is 2.39. The summed E-state index contributed by atoms with van der Waals surface area (Å²) in [6.07, 6.45) is 7.24. The number of carbonyl (C=O) groups excluding carboxylic acids is 1. The van der Waals surface area contributed by atoms with Crippen molar-refractivity contribution in [1.82, 2.24) is 9.80 Å². The van der Waals surface area contributed by atoms with Gasteiger partial charge in [-0.25, -0.2) is 0 Å². The van der Waals surface area contributed by atoms with Crippen molar-refractivity contribution in [3.05, 3.63) is 41.5 Å². The van der Waals surface area contributed by atoms with Crippen molar-refractivity contribution in [3.63, 3.8) is 0 Å². The standard InChI is InChI=1S/C21H28N2O2/c24-15-21(25)23-13-18-7-8-19(20(18)14-23)17-5-3-16(4-6-17)9-12-22-10-1-2-11-22/h3-6,8,18,20,24H,1-2,7,9-15H2. The molecule has 0 radical (unpaired) electrons. The van der Waals surface area contributed by atoms with E-state index in [1.165, 1.54) is 49.2 Å². The van der Waals surface area contributed by atoms with Gasteiger partial charge in [0.05, 0.1) is 0 Å². The first-order valence-electron chi connectivity index (χ1n) is 9.65. The molecule has 2 aliphatic heterocycles. The zero-order valence-corrected chi connectivity index (χ0v) is 14.9. The summed E-state index contributed by atoms with van der Waals surface area (Å²) >= 11 is 0. The van der Waals surface area contributed by atoms with Gasteiger partial charge in [0.2, 0.25) is 5.91 Å². The van der Waals surface area contributed by atoms with Crippen LogP contribution in [0.5, 0.6) is 0 Å². The van der Waals surface area contributed by atoms with Crippen LogP contribution in [0.1, 0.15) is 30.4 Å². The number of fused-ring (bicyclic) bond motifs is 1. The van der Waals surface area contributed by atoms with Crippen molar-refractivity contribution in [2.45, 2.75) is 25.7 Å². The van der Waals surface area contributed by atoms with Crippen LogP contribution >= 0.6 is 0 Å². The third-order valence-corrected chi connectivity index (χ3v) is 6.17. The normalized spacial score (nSPS) is 26.1. The van der Waals surface area contributed by atoms with Crippen LogP contribution in [0.25, 0.3) is 5.57 Å². The fourth-order valence-corrected chi connectivity index (χ4v) is 4.69. The topological polar surface area (TPSA) is 43.8 Å². The lowest BCUT2D eigenvalue weighted by Crippen LogP contribution is -2.31. The summed E-state index contributed by atoms with van der Waals surface area (Å²) in [6.45, 7) is 4.87. The molecule has 0 saturated carbocycles. The molecule has 2 heterocycles. The molecule has 1 aromatic rings. The second-order valence-corrected chi connectivity index (χ2v) is 7.71. The van der Waals surface area contributed by atoms with Crippen LogP contribution in [0.2, 0.25) is 0 Å². The van der Waals surface area contributed by atoms with Gasteiger partial charge in [0.25, 0.3) is 0 Å². The summed E-state index contributed by atoms with van der Waals surface area (Å²) in [5, 5.41) is 9.09. The van der Waals surface area contributed by atoms with Gasteiger partial charge in [-0.1, -0.05) is 30.3 Å². The number of aliphatic hydroxyl groups excluding tert-OH is 1. The summed E-state index contributed by atoms with van der Waals surface area (Å²) in [4.78, 5) is 16.2. The lowest BCUT2D eigenvalue weighted by atomic mass is 9.90. The molecule has 2 unspecified atom stereocenters. The molecule has 0 spiro atoms. The second kappa shape index (κ2) is 7.30. The minimum absolute atomic E-state index is 0.133. The van der Waals surface area contributed by atoms with Crippen LogP contribution in [0, 0.1) is 11.8 Å². The van der Waals surface area contributed by atoms with Gasteiger partial charge in [-0.15, -0.1) is 0 Å². The van der Waals surface area contributed by atoms with Crippen LogP contribution in [-0.4, -0.2) is 60.1 Å². The molecule has 1 aliphatic carbocycles. The molecule has 4 rings (SSSR count). The highest BCUT2D eigenvalue weighted by atomic mass is 16.3. The molecular formula is C21H28N2O2. The van der Waals surface area contributed by atoms with Crippen LogP contribution in [0.3, 0.4) is 0 Å². The molecule has 1 amide bonds. The molecule has 25 heavy (non-hydrogen) atoms. The maximum absolute atomic E-state index is 11.8. The Morgan fingerprint density at radius 1 is 1.12 bits per heavy atom. The number of hydrogen-bond donors (Lipinski definition) is 1. The zero-order valence-electron chi connectivity index (χ0n) is 14.9. The van der Waals surface area contributed by atoms with Gasteiger partial charge in [0, 0.05) is 25.6 Å². The molecule has 134 valence electrons. The third kappa shape index (κ3) is 3.51. The molecule has 2 fully saturated rings.